The largest absolute Gasteiger partial charge is 0.507 e. The number of pyridine rings is 1. The molecule has 1 aliphatic rings. The number of aliphatic hydroxyl groups is 1. The fourth-order valence-corrected chi connectivity index (χ4v) is 4.89. The van der Waals surface area contributed by atoms with Crippen LogP contribution in [0.3, 0.4) is 0 Å². The van der Waals surface area contributed by atoms with Crippen LogP contribution in [0.1, 0.15) is 35.3 Å². The number of para-hydroxylation sites is 1. The van der Waals surface area contributed by atoms with E-state index in [0.717, 1.165) is 6.92 Å². The predicted octanol–water partition coefficient (Wildman–Crippen LogP) is 1.84. The van der Waals surface area contributed by atoms with Gasteiger partial charge in [-0.15, -0.1) is 0 Å². The van der Waals surface area contributed by atoms with Gasteiger partial charge in [0.15, 0.2) is 11.9 Å². The first kappa shape index (κ1) is 33.8. The summed E-state index contributed by atoms with van der Waals surface area (Å²) in [5.74, 6) is -13.9. The Hall–Kier alpha value is -5.05. The van der Waals surface area contributed by atoms with Crippen LogP contribution in [0.2, 0.25) is 0 Å². The molecule has 0 aliphatic carbocycles. The SMILES string of the molecule is C[C@H]1NC(=O)C(Cc2ccccc2)OC(=O)[C@H](C)[C@H](O)[C@H](Cc2c(F)nc(F)c(F)c2F)NC(=O)[C@H]1NC(=O)c1ccccc1O. The number of amides is 3. The van der Waals surface area contributed by atoms with Gasteiger partial charge in [0.25, 0.3) is 17.8 Å². The topological polar surface area (TPSA) is 167 Å². The number of carbonyl (C=O) groups is 4. The Morgan fingerprint density at radius 2 is 1.54 bits per heavy atom. The summed E-state index contributed by atoms with van der Waals surface area (Å²) in [5, 5.41) is 28.5. The Morgan fingerprint density at radius 1 is 0.891 bits per heavy atom. The highest BCUT2D eigenvalue weighted by Gasteiger charge is 2.40. The molecule has 244 valence electrons. The zero-order chi connectivity index (χ0) is 33.7. The summed E-state index contributed by atoms with van der Waals surface area (Å²) >= 11 is 0. The van der Waals surface area contributed by atoms with Gasteiger partial charge in [-0.2, -0.15) is 18.2 Å². The third-order valence-corrected chi connectivity index (χ3v) is 7.53. The second kappa shape index (κ2) is 14.4. The predicted molar refractivity (Wildman–Crippen MR) is 152 cm³/mol. The fraction of sp³-hybridized carbons (Fsp3) is 0.323. The number of aromatic hydroxyl groups is 1. The highest BCUT2D eigenvalue weighted by Crippen LogP contribution is 2.23. The van der Waals surface area contributed by atoms with Crippen LogP contribution in [0.25, 0.3) is 0 Å². The van der Waals surface area contributed by atoms with Gasteiger partial charge in [0.1, 0.15) is 11.8 Å². The third kappa shape index (κ3) is 7.59. The number of phenolic OH excluding ortho intramolecular Hbond substituents is 1. The van der Waals surface area contributed by atoms with Crippen LogP contribution < -0.4 is 16.0 Å². The monoisotopic (exact) mass is 646 g/mol. The molecule has 2 aromatic carbocycles. The zero-order valence-corrected chi connectivity index (χ0v) is 24.5. The molecule has 0 bridgehead atoms. The Labute approximate surface area is 260 Å². The van der Waals surface area contributed by atoms with E-state index in [9.17, 15) is 47.0 Å². The van der Waals surface area contributed by atoms with E-state index in [1.165, 1.54) is 31.2 Å². The number of nitrogens with one attached hydrogen (secondary N) is 3. The summed E-state index contributed by atoms with van der Waals surface area (Å²) in [6.07, 6.45) is -4.63. The van der Waals surface area contributed by atoms with E-state index >= 15 is 0 Å². The maximum absolute atomic E-state index is 14.7. The van der Waals surface area contributed by atoms with Gasteiger partial charge >= 0.3 is 5.97 Å². The number of phenols is 1. The summed E-state index contributed by atoms with van der Waals surface area (Å²) in [5.41, 5.74) is -0.799. The van der Waals surface area contributed by atoms with Crippen molar-refractivity contribution < 1.29 is 51.7 Å². The molecule has 0 saturated carbocycles. The Morgan fingerprint density at radius 3 is 2.22 bits per heavy atom. The van der Waals surface area contributed by atoms with Gasteiger partial charge in [0, 0.05) is 18.4 Å². The third-order valence-electron chi connectivity index (χ3n) is 7.53. The molecule has 1 aliphatic heterocycles. The van der Waals surface area contributed by atoms with Crippen molar-refractivity contribution in [2.45, 2.75) is 57.0 Å². The van der Waals surface area contributed by atoms with Crippen LogP contribution in [-0.4, -0.2) is 69.2 Å². The summed E-state index contributed by atoms with van der Waals surface area (Å²) < 4.78 is 62.2. The van der Waals surface area contributed by atoms with Crippen LogP contribution in [0.15, 0.2) is 54.6 Å². The average Bonchev–Trinajstić information content (AvgIpc) is 3.02. The Bertz CT molecular complexity index is 1630. The number of aromatic nitrogens is 1. The minimum atomic E-state index is -2.11. The van der Waals surface area contributed by atoms with E-state index in [-0.39, 0.29) is 12.0 Å². The normalized spacial score (nSPS) is 24.1. The van der Waals surface area contributed by atoms with Crippen molar-refractivity contribution in [3.05, 3.63) is 94.8 Å². The van der Waals surface area contributed by atoms with Crippen molar-refractivity contribution in [2.75, 3.05) is 0 Å². The first-order chi connectivity index (χ1) is 21.8. The van der Waals surface area contributed by atoms with E-state index in [1.54, 1.807) is 30.3 Å². The molecule has 1 saturated heterocycles. The number of halogens is 4. The van der Waals surface area contributed by atoms with Crippen molar-refractivity contribution in [3.63, 3.8) is 0 Å². The first-order valence-corrected chi connectivity index (χ1v) is 14.1. The smallest absolute Gasteiger partial charge is 0.312 e. The summed E-state index contributed by atoms with van der Waals surface area (Å²) in [6, 6.07) is 9.09. The summed E-state index contributed by atoms with van der Waals surface area (Å²) in [7, 11) is 0. The molecule has 1 fully saturated rings. The maximum Gasteiger partial charge on any atom is 0.312 e. The lowest BCUT2D eigenvalue weighted by Crippen LogP contribution is -2.62. The number of aliphatic hydroxyl groups excluding tert-OH is 1. The van der Waals surface area contributed by atoms with Gasteiger partial charge in [0.05, 0.1) is 29.7 Å². The highest BCUT2D eigenvalue weighted by atomic mass is 19.2. The Balaban J connectivity index is 1.75. The molecule has 6 atom stereocenters. The van der Waals surface area contributed by atoms with Crippen LogP contribution in [-0.2, 0) is 32.0 Å². The van der Waals surface area contributed by atoms with Crippen LogP contribution in [0.5, 0.6) is 5.75 Å². The summed E-state index contributed by atoms with van der Waals surface area (Å²) in [6.45, 7) is 2.48. The van der Waals surface area contributed by atoms with Crippen LogP contribution in [0.4, 0.5) is 17.6 Å². The number of ether oxygens (including phenoxy) is 1. The number of carbonyl (C=O) groups excluding carboxylic acids is 4. The molecule has 5 N–H and O–H groups in total. The molecule has 3 amide bonds. The maximum atomic E-state index is 14.7. The van der Waals surface area contributed by atoms with Gasteiger partial charge in [0.2, 0.25) is 17.7 Å². The molecule has 1 aromatic heterocycles. The van der Waals surface area contributed by atoms with Gasteiger partial charge < -0.3 is 30.9 Å². The second-order valence-electron chi connectivity index (χ2n) is 10.8. The average molecular weight is 647 g/mol. The van der Waals surface area contributed by atoms with E-state index in [2.05, 4.69) is 20.9 Å². The number of rotatable bonds is 6. The lowest BCUT2D eigenvalue weighted by atomic mass is 9.92. The lowest BCUT2D eigenvalue weighted by Gasteiger charge is -2.33. The molecule has 0 spiro atoms. The summed E-state index contributed by atoms with van der Waals surface area (Å²) in [4.78, 5) is 56.0. The molecule has 4 rings (SSSR count). The molecule has 2 heterocycles. The van der Waals surface area contributed by atoms with E-state index in [0.29, 0.717) is 5.56 Å². The molecular formula is C31H30F4N4O7. The number of nitrogens with zero attached hydrogens (tertiary/aromatic N) is 1. The van der Waals surface area contributed by atoms with Gasteiger partial charge in [-0.25, -0.2) is 4.39 Å². The highest BCUT2D eigenvalue weighted by molar-refractivity contribution is 6.00. The molecule has 15 heteroatoms. The first-order valence-electron chi connectivity index (χ1n) is 14.1. The van der Waals surface area contributed by atoms with Crippen molar-refractivity contribution in [2.24, 2.45) is 5.92 Å². The Kier molecular flexibility index (Phi) is 10.6. The molecule has 0 radical (unpaired) electrons. The molecular weight excluding hydrogens is 616 g/mol. The number of esters is 1. The van der Waals surface area contributed by atoms with Crippen molar-refractivity contribution in [1.82, 2.24) is 20.9 Å². The number of hydrogen-bond donors (Lipinski definition) is 5. The second-order valence-corrected chi connectivity index (χ2v) is 10.8. The van der Waals surface area contributed by atoms with Crippen LogP contribution >= 0.6 is 0 Å². The molecule has 3 aromatic rings. The van der Waals surface area contributed by atoms with Gasteiger partial charge in [-0.05, 0) is 31.5 Å². The van der Waals surface area contributed by atoms with Gasteiger partial charge in [-0.1, -0.05) is 42.5 Å². The molecule has 11 nitrogen and oxygen atoms in total. The minimum absolute atomic E-state index is 0.130. The minimum Gasteiger partial charge on any atom is -0.507 e. The molecule has 46 heavy (non-hydrogen) atoms. The quantitative estimate of drug-likeness (QED) is 0.154. The number of cyclic esters (lactones) is 1. The number of benzene rings is 2. The van der Waals surface area contributed by atoms with E-state index in [1.807, 2.05) is 0 Å². The van der Waals surface area contributed by atoms with Crippen molar-refractivity contribution >= 4 is 23.7 Å². The van der Waals surface area contributed by atoms with Crippen molar-refractivity contribution in [1.29, 1.82) is 0 Å². The van der Waals surface area contributed by atoms with Crippen molar-refractivity contribution in [3.8, 4) is 5.75 Å². The number of hydrogen-bond acceptors (Lipinski definition) is 8. The zero-order valence-electron chi connectivity index (χ0n) is 24.5. The fourth-order valence-electron chi connectivity index (χ4n) is 4.89. The standard InChI is InChI=1S/C31H30F4N4O7/c1-14-25(41)19(13-18-22(32)23(33)27(35)39-26(18)34)37-30(44)24(38-28(42)17-10-6-7-11-20(17)40)15(2)36-29(43)21(46-31(14)45)12-16-8-4-3-5-9-16/h3-11,14-15,19,21,24-25,40-41H,12-13H2,1-2H3,(H,36,43)(H,37,44)(H,38,42)/t14-,15-,19+,21?,24+,25+/m1/s1. The molecule has 1 unspecified atom stereocenters. The van der Waals surface area contributed by atoms with E-state index < -0.39 is 101 Å². The lowest BCUT2D eigenvalue weighted by molar-refractivity contribution is -0.164. The van der Waals surface area contributed by atoms with E-state index in [4.69, 9.17) is 4.74 Å². The van der Waals surface area contributed by atoms with Crippen LogP contribution in [0, 0.1) is 29.4 Å². The van der Waals surface area contributed by atoms with Gasteiger partial charge in [-0.3, -0.25) is 19.2 Å².